The standard InChI is InChI=1S/C38H29N/c1-4-12-30(13-5-1)20-21-35-16-10-11-19-38(35)39(36-17-8-3-9-18-36)37-28-26-34(27-29-37)33-24-22-32(23-25-33)31-14-6-2-7-15-31/h1-29H/b21-20+. The van der Waals surface area contributed by atoms with Gasteiger partial charge in [-0.3, -0.25) is 0 Å². The molecule has 6 rings (SSSR count). The van der Waals surface area contributed by atoms with Crippen molar-refractivity contribution in [3.63, 3.8) is 0 Å². The Morgan fingerprint density at radius 3 is 1.38 bits per heavy atom. The second-order valence-electron chi connectivity index (χ2n) is 9.46. The highest BCUT2D eigenvalue weighted by atomic mass is 15.1. The van der Waals surface area contributed by atoms with E-state index in [2.05, 4.69) is 175 Å². The smallest absolute Gasteiger partial charge is 0.0533 e. The van der Waals surface area contributed by atoms with Crippen LogP contribution in [0.5, 0.6) is 0 Å². The quantitative estimate of drug-likeness (QED) is 0.197. The number of nitrogens with zero attached hydrogens (tertiary/aromatic N) is 1. The number of benzene rings is 6. The van der Waals surface area contributed by atoms with Crippen molar-refractivity contribution < 1.29 is 0 Å². The zero-order valence-corrected chi connectivity index (χ0v) is 21.7. The fourth-order valence-electron chi connectivity index (χ4n) is 4.88. The minimum Gasteiger partial charge on any atom is -0.310 e. The number of anilines is 3. The van der Waals surface area contributed by atoms with Crippen LogP contribution in [-0.2, 0) is 0 Å². The molecular weight excluding hydrogens is 470 g/mol. The summed E-state index contributed by atoms with van der Waals surface area (Å²) < 4.78 is 0. The van der Waals surface area contributed by atoms with E-state index in [1.807, 2.05) is 6.07 Å². The molecule has 0 atom stereocenters. The van der Waals surface area contributed by atoms with Gasteiger partial charge in [0.1, 0.15) is 0 Å². The molecule has 1 nitrogen and oxygen atoms in total. The minimum absolute atomic E-state index is 1.12. The van der Waals surface area contributed by atoms with Gasteiger partial charge in [-0.25, -0.2) is 0 Å². The van der Waals surface area contributed by atoms with Crippen molar-refractivity contribution in [1.29, 1.82) is 0 Å². The number of hydrogen-bond acceptors (Lipinski definition) is 1. The van der Waals surface area contributed by atoms with Gasteiger partial charge in [-0.05, 0) is 63.7 Å². The second kappa shape index (κ2) is 11.5. The lowest BCUT2D eigenvalue weighted by Crippen LogP contribution is -2.11. The monoisotopic (exact) mass is 499 g/mol. The molecule has 0 bridgehead atoms. The second-order valence-corrected chi connectivity index (χ2v) is 9.46. The molecule has 0 aromatic heterocycles. The van der Waals surface area contributed by atoms with Crippen molar-refractivity contribution in [3.8, 4) is 22.3 Å². The van der Waals surface area contributed by atoms with Crippen LogP contribution in [0.1, 0.15) is 11.1 Å². The summed E-state index contributed by atoms with van der Waals surface area (Å²) in [6, 6.07) is 57.7. The Kier molecular flexibility index (Phi) is 7.14. The fraction of sp³-hybridized carbons (Fsp3) is 0. The average molecular weight is 500 g/mol. The maximum absolute atomic E-state index is 2.33. The lowest BCUT2D eigenvalue weighted by Gasteiger charge is -2.27. The summed E-state index contributed by atoms with van der Waals surface area (Å²) in [5.41, 5.74) is 10.6. The predicted octanol–water partition coefficient (Wildman–Crippen LogP) is 10.7. The Labute approximate surface area is 231 Å². The van der Waals surface area contributed by atoms with Crippen molar-refractivity contribution in [2.75, 3.05) is 4.90 Å². The van der Waals surface area contributed by atoms with Gasteiger partial charge in [-0.2, -0.15) is 0 Å². The van der Waals surface area contributed by atoms with Gasteiger partial charge >= 0.3 is 0 Å². The molecule has 0 heterocycles. The highest BCUT2D eigenvalue weighted by molar-refractivity contribution is 5.86. The minimum atomic E-state index is 1.12. The van der Waals surface area contributed by atoms with Gasteiger partial charge in [0.2, 0.25) is 0 Å². The predicted molar refractivity (Wildman–Crippen MR) is 167 cm³/mol. The van der Waals surface area contributed by atoms with Crippen LogP contribution in [0.3, 0.4) is 0 Å². The Bertz CT molecular complexity index is 1650. The van der Waals surface area contributed by atoms with E-state index < -0.39 is 0 Å². The Morgan fingerprint density at radius 1 is 0.333 bits per heavy atom. The molecule has 0 aliphatic rings. The molecule has 0 radical (unpaired) electrons. The maximum Gasteiger partial charge on any atom is 0.0533 e. The molecule has 0 saturated carbocycles. The first kappa shape index (κ1) is 24.2. The van der Waals surface area contributed by atoms with E-state index in [1.165, 1.54) is 27.8 Å². The average Bonchev–Trinajstić information content (AvgIpc) is 3.03. The van der Waals surface area contributed by atoms with E-state index >= 15 is 0 Å². The molecule has 6 aromatic carbocycles. The van der Waals surface area contributed by atoms with E-state index in [0.29, 0.717) is 0 Å². The molecule has 0 aliphatic carbocycles. The Hall–Kier alpha value is -5.14. The van der Waals surface area contributed by atoms with E-state index in [0.717, 1.165) is 22.6 Å². The van der Waals surface area contributed by atoms with Crippen molar-refractivity contribution in [3.05, 3.63) is 175 Å². The third-order valence-corrected chi connectivity index (χ3v) is 6.90. The van der Waals surface area contributed by atoms with Gasteiger partial charge in [0.15, 0.2) is 0 Å². The molecule has 0 saturated heterocycles. The van der Waals surface area contributed by atoms with Crippen LogP contribution in [0.25, 0.3) is 34.4 Å². The summed E-state index contributed by atoms with van der Waals surface area (Å²) in [7, 11) is 0. The van der Waals surface area contributed by atoms with Gasteiger partial charge in [0, 0.05) is 11.4 Å². The lowest BCUT2D eigenvalue weighted by atomic mass is 10.00. The van der Waals surface area contributed by atoms with Crippen LogP contribution in [0.15, 0.2) is 164 Å². The largest absolute Gasteiger partial charge is 0.310 e. The topological polar surface area (TPSA) is 3.24 Å². The van der Waals surface area contributed by atoms with E-state index in [4.69, 9.17) is 0 Å². The molecule has 0 fully saturated rings. The molecule has 0 amide bonds. The molecule has 0 aliphatic heterocycles. The number of rotatable bonds is 7. The van der Waals surface area contributed by atoms with Gasteiger partial charge in [0.25, 0.3) is 0 Å². The van der Waals surface area contributed by atoms with Crippen molar-refractivity contribution in [2.45, 2.75) is 0 Å². The van der Waals surface area contributed by atoms with E-state index in [-0.39, 0.29) is 0 Å². The summed E-state index contributed by atoms with van der Waals surface area (Å²) in [5, 5.41) is 0. The van der Waals surface area contributed by atoms with Crippen LogP contribution in [0.2, 0.25) is 0 Å². The summed E-state index contributed by atoms with van der Waals surface area (Å²) in [6.45, 7) is 0. The highest BCUT2D eigenvalue weighted by Gasteiger charge is 2.15. The first-order valence-electron chi connectivity index (χ1n) is 13.3. The molecule has 6 aromatic rings. The molecule has 0 spiro atoms. The number of hydrogen-bond donors (Lipinski definition) is 0. The molecule has 0 unspecified atom stereocenters. The first-order valence-corrected chi connectivity index (χ1v) is 13.3. The first-order chi connectivity index (χ1) is 19.3. The van der Waals surface area contributed by atoms with Crippen LogP contribution < -0.4 is 4.90 Å². The molecule has 1 heteroatoms. The van der Waals surface area contributed by atoms with Gasteiger partial charge in [-0.15, -0.1) is 0 Å². The Morgan fingerprint density at radius 2 is 0.769 bits per heavy atom. The normalized spacial score (nSPS) is 11.0. The van der Waals surface area contributed by atoms with Gasteiger partial charge < -0.3 is 4.90 Å². The molecule has 186 valence electrons. The van der Waals surface area contributed by atoms with Crippen molar-refractivity contribution in [2.24, 2.45) is 0 Å². The highest BCUT2D eigenvalue weighted by Crippen LogP contribution is 2.38. The third kappa shape index (κ3) is 5.58. The third-order valence-electron chi connectivity index (χ3n) is 6.90. The summed E-state index contributed by atoms with van der Waals surface area (Å²) >= 11 is 0. The zero-order chi connectivity index (χ0) is 26.3. The van der Waals surface area contributed by atoms with Gasteiger partial charge in [0.05, 0.1) is 5.69 Å². The van der Waals surface area contributed by atoms with Gasteiger partial charge in [-0.1, -0.05) is 146 Å². The van der Waals surface area contributed by atoms with Crippen LogP contribution >= 0.6 is 0 Å². The van der Waals surface area contributed by atoms with Crippen LogP contribution in [-0.4, -0.2) is 0 Å². The Balaban J connectivity index is 1.34. The lowest BCUT2D eigenvalue weighted by molar-refractivity contribution is 1.28. The SMILES string of the molecule is C(=C\c1ccccc1N(c1ccccc1)c1ccc(-c2ccc(-c3ccccc3)cc2)cc1)/c1ccccc1. The van der Waals surface area contributed by atoms with Crippen molar-refractivity contribution in [1.82, 2.24) is 0 Å². The van der Waals surface area contributed by atoms with Crippen LogP contribution in [0.4, 0.5) is 17.1 Å². The zero-order valence-electron chi connectivity index (χ0n) is 21.7. The summed E-state index contributed by atoms with van der Waals surface area (Å²) in [6.07, 6.45) is 4.37. The van der Waals surface area contributed by atoms with E-state index in [9.17, 15) is 0 Å². The molecule has 0 N–H and O–H groups in total. The molecule has 39 heavy (non-hydrogen) atoms. The van der Waals surface area contributed by atoms with Crippen LogP contribution in [0, 0.1) is 0 Å². The van der Waals surface area contributed by atoms with E-state index in [1.54, 1.807) is 0 Å². The summed E-state index contributed by atoms with van der Waals surface area (Å²) in [5.74, 6) is 0. The van der Waals surface area contributed by atoms with Crippen molar-refractivity contribution >= 4 is 29.2 Å². The fourth-order valence-corrected chi connectivity index (χ4v) is 4.88. The maximum atomic E-state index is 2.33. The summed E-state index contributed by atoms with van der Waals surface area (Å²) in [4.78, 5) is 2.33. The number of para-hydroxylation sites is 2. The molecular formula is C38H29N.